The molecule has 1 N–H and O–H groups in total. The number of amides is 2. The molecule has 0 bridgehead atoms. The molecule has 2 amide bonds. The molecule has 1 fully saturated rings. The summed E-state index contributed by atoms with van der Waals surface area (Å²) in [5.41, 5.74) is 1.65. The molecule has 2 aromatic rings. The van der Waals surface area contributed by atoms with Gasteiger partial charge in [0.1, 0.15) is 6.33 Å². The Morgan fingerprint density at radius 2 is 2.32 bits per heavy atom. The zero-order valence-corrected chi connectivity index (χ0v) is 13.5. The molecule has 22 heavy (non-hydrogen) atoms. The molecule has 1 aliphatic heterocycles. The van der Waals surface area contributed by atoms with E-state index >= 15 is 0 Å². The van der Waals surface area contributed by atoms with Gasteiger partial charge in [-0.25, -0.2) is 9.78 Å². The molecule has 2 heterocycles. The second-order valence-corrected chi connectivity index (χ2v) is 6.93. The van der Waals surface area contributed by atoms with E-state index in [9.17, 15) is 4.79 Å². The first-order valence-corrected chi connectivity index (χ1v) is 8.30. The van der Waals surface area contributed by atoms with E-state index in [0.29, 0.717) is 11.1 Å². The largest absolute Gasteiger partial charge is 0.323 e. The summed E-state index contributed by atoms with van der Waals surface area (Å²) in [7, 11) is 1.83. The van der Waals surface area contributed by atoms with Gasteiger partial charge in [-0.15, -0.1) is 0 Å². The lowest BCUT2D eigenvalue weighted by molar-refractivity contribution is 0.214. The average Bonchev–Trinajstić information content (AvgIpc) is 2.94. The Bertz CT molecular complexity index is 671. The van der Waals surface area contributed by atoms with Crippen LogP contribution in [0, 0.1) is 0 Å². The fraction of sp³-hybridized carbons (Fsp3) is 0.400. The molecular formula is C15H19N5OS. The fourth-order valence-corrected chi connectivity index (χ4v) is 3.43. The van der Waals surface area contributed by atoms with E-state index in [-0.39, 0.29) is 6.03 Å². The number of carbonyl (C=O) groups excluding carboxylic acids is 1. The Labute approximate surface area is 133 Å². The Hall–Kier alpha value is -2.02. The third-order valence-electron chi connectivity index (χ3n) is 3.50. The van der Waals surface area contributed by atoms with Crippen LogP contribution in [0.5, 0.6) is 0 Å². The number of aromatic nitrogens is 3. The van der Waals surface area contributed by atoms with Crippen molar-refractivity contribution in [2.45, 2.75) is 12.2 Å². The Balaban J connectivity index is 1.71. The number of hydrogen-bond acceptors (Lipinski definition) is 4. The van der Waals surface area contributed by atoms with Gasteiger partial charge in [0.15, 0.2) is 5.82 Å². The monoisotopic (exact) mass is 317 g/mol. The van der Waals surface area contributed by atoms with Gasteiger partial charge in [0.05, 0.1) is 0 Å². The van der Waals surface area contributed by atoms with Crippen molar-refractivity contribution in [3.05, 3.63) is 30.6 Å². The lowest BCUT2D eigenvalue weighted by atomic mass is 10.2. The highest BCUT2D eigenvalue weighted by Gasteiger charge is 2.21. The lowest BCUT2D eigenvalue weighted by Gasteiger charge is -2.30. The normalized spacial score (nSPS) is 18.3. The molecule has 0 saturated carbocycles. The van der Waals surface area contributed by atoms with Crippen LogP contribution >= 0.6 is 11.8 Å². The van der Waals surface area contributed by atoms with Gasteiger partial charge >= 0.3 is 6.03 Å². The number of urea groups is 1. The number of nitrogens with zero attached hydrogens (tertiary/aromatic N) is 4. The van der Waals surface area contributed by atoms with Crippen LogP contribution in [0.1, 0.15) is 6.92 Å². The summed E-state index contributed by atoms with van der Waals surface area (Å²) >= 11 is 1.91. The van der Waals surface area contributed by atoms with Crippen molar-refractivity contribution in [1.82, 2.24) is 19.7 Å². The van der Waals surface area contributed by atoms with Gasteiger partial charge in [-0.05, 0) is 12.1 Å². The van der Waals surface area contributed by atoms with E-state index in [1.807, 2.05) is 48.0 Å². The van der Waals surface area contributed by atoms with Crippen molar-refractivity contribution in [2.75, 3.05) is 24.2 Å². The van der Waals surface area contributed by atoms with Crippen molar-refractivity contribution in [3.8, 4) is 11.4 Å². The minimum Gasteiger partial charge on any atom is -0.323 e. The SMILES string of the molecule is C[C@H]1CN(C(=O)Nc2cccc(-c3ncn(C)n3)c2)CCS1. The van der Waals surface area contributed by atoms with Crippen molar-refractivity contribution >= 4 is 23.5 Å². The summed E-state index contributed by atoms with van der Waals surface area (Å²) in [6.07, 6.45) is 1.66. The van der Waals surface area contributed by atoms with Crippen molar-refractivity contribution in [2.24, 2.45) is 7.05 Å². The van der Waals surface area contributed by atoms with Crippen LogP contribution in [0.2, 0.25) is 0 Å². The first-order chi connectivity index (χ1) is 10.6. The van der Waals surface area contributed by atoms with Crippen LogP contribution in [0.15, 0.2) is 30.6 Å². The van der Waals surface area contributed by atoms with E-state index < -0.39 is 0 Å². The molecule has 116 valence electrons. The molecular weight excluding hydrogens is 298 g/mol. The van der Waals surface area contributed by atoms with Gasteiger partial charge in [0, 0.05) is 42.4 Å². The molecule has 1 aromatic heterocycles. The van der Waals surface area contributed by atoms with Crippen LogP contribution in [0.4, 0.5) is 10.5 Å². The molecule has 0 unspecified atom stereocenters. The number of anilines is 1. The molecule has 7 heteroatoms. The first kappa shape index (κ1) is 14.9. The average molecular weight is 317 g/mol. The van der Waals surface area contributed by atoms with E-state index in [1.54, 1.807) is 11.0 Å². The molecule has 0 spiro atoms. The molecule has 1 saturated heterocycles. The van der Waals surface area contributed by atoms with Crippen molar-refractivity contribution in [3.63, 3.8) is 0 Å². The number of hydrogen-bond donors (Lipinski definition) is 1. The van der Waals surface area contributed by atoms with Crippen LogP contribution in [0.3, 0.4) is 0 Å². The van der Waals surface area contributed by atoms with Gasteiger partial charge in [0.2, 0.25) is 0 Å². The van der Waals surface area contributed by atoms with E-state index in [4.69, 9.17) is 0 Å². The van der Waals surface area contributed by atoms with E-state index in [0.717, 1.165) is 30.1 Å². The van der Waals surface area contributed by atoms with Crippen LogP contribution in [-0.4, -0.2) is 49.8 Å². The Morgan fingerprint density at radius 3 is 3.05 bits per heavy atom. The van der Waals surface area contributed by atoms with Crippen LogP contribution in [0.25, 0.3) is 11.4 Å². The zero-order valence-electron chi connectivity index (χ0n) is 12.7. The number of benzene rings is 1. The topological polar surface area (TPSA) is 63.1 Å². The second-order valence-electron chi connectivity index (χ2n) is 5.38. The fourth-order valence-electron chi connectivity index (χ4n) is 2.41. The maximum absolute atomic E-state index is 12.3. The van der Waals surface area contributed by atoms with Crippen molar-refractivity contribution in [1.29, 1.82) is 0 Å². The minimum absolute atomic E-state index is 0.0433. The van der Waals surface area contributed by atoms with Gasteiger partial charge < -0.3 is 10.2 Å². The lowest BCUT2D eigenvalue weighted by Crippen LogP contribution is -2.43. The minimum atomic E-state index is -0.0433. The summed E-state index contributed by atoms with van der Waals surface area (Å²) in [6, 6.07) is 7.57. The quantitative estimate of drug-likeness (QED) is 0.924. The molecule has 1 aromatic carbocycles. The summed E-state index contributed by atoms with van der Waals surface area (Å²) in [5.74, 6) is 1.65. The number of thioether (sulfide) groups is 1. The predicted molar refractivity (Wildman–Crippen MR) is 89.0 cm³/mol. The van der Waals surface area contributed by atoms with Gasteiger partial charge in [0.25, 0.3) is 0 Å². The standard InChI is InChI=1S/C15H19N5OS/c1-11-9-20(6-7-22-11)15(21)17-13-5-3-4-12(8-13)14-16-10-19(2)18-14/h3-5,8,10-11H,6-7,9H2,1-2H3,(H,17,21)/t11-/m0/s1. The van der Waals surface area contributed by atoms with Gasteiger partial charge in [-0.2, -0.15) is 16.9 Å². The Morgan fingerprint density at radius 1 is 1.45 bits per heavy atom. The summed E-state index contributed by atoms with van der Waals surface area (Å²) < 4.78 is 1.66. The number of nitrogens with one attached hydrogen (secondary N) is 1. The van der Waals surface area contributed by atoms with Gasteiger partial charge in [-0.3, -0.25) is 4.68 Å². The molecule has 1 aliphatic rings. The molecule has 6 nitrogen and oxygen atoms in total. The van der Waals surface area contributed by atoms with Crippen LogP contribution < -0.4 is 5.32 Å². The highest BCUT2D eigenvalue weighted by molar-refractivity contribution is 7.99. The molecule has 3 rings (SSSR count). The molecule has 0 radical (unpaired) electrons. The van der Waals surface area contributed by atoms with Crippen molar-refractivity contribution < 1.29 is 4.79 Å². The second kappa shape index (κ2) is 6.39. The molecule has 0 aliphatic carbocycles. The summed E-state index contributed by atoms with van der Waals surface area (Å²) in [4.78, 5) is 18.4. The number of aryl methyl sites for hydroxylation is 1. The zero-order chi connectivity index (χ0) is 15.5. The highest BCUT2D eigenvalue weighted by Crippen LogP contribution is 2.21. The summed E-state index contributed by atoms with van der Waals surface area (Å²) in [5, 5.41) is 7.73. The maximum atomic E-state index is 12.3. The van der Waals surface area contributed by atoms with Gasteiger partial charge in [-0.1, -0.05) is 19.1 Å². The highest BCUT2D eigenvalue weighted by atomic mass is 32.2. The van der Waals surface area contributed by atoms with E-state index in [2.05, 4.69) is 22.3 Å². The first-order valence-electron chi connectivity index (χ1n) is 7.25. The summed E-state index contributed by atoms with van der Waals surface area (Å²) in [6.45, 7) is 3.73. The third-order valence-corrected chi connectivity index (χ3v) is 4.64. The molecule has 1 atom stereocenters. The Kier molecular flexibility index (Phi) is 4.33. The maximum Gasteiger partial charge on any atom is 0.321 e. The number of rotatable bonds is 2. The third kappa shape index (κ3) is 3.41. The smallest absolute Gasteiger partial charge is 0.321 e. The number of carbonyl (C=O) groups is 1. The van der Waals surface area contributed by atoms with E-state index in [1.165, 1.54) is 0 Å². The predicted octanol–water partition coefficient (Wildman–Crippen LogP) is 2.45. The van der Waals surface area contributed by atoms with Crippen LogP contribution in [-0.2, 0) is 7.05 Å².